The molecule has 1 fully saturated rings. The first-order chi connectivity index (χ1) is 6.34. The highest BCUT2D eigenvalue weighted by atomic mass is 32.1. The molecule has 1 aromatic rings. The Hall–Kier alpha value is -0.600. The Labute approximate surface area is 83.5 Å². The number of hydrogen-bond acceptors (Lipinski definition) is 2. The van der Waals surface area contributed by atoms with Crippen molar-refractivity contribution >= 4 is 17.4 Å². The summed E-state index contributed by atoms with van der Waals surface area (Å²) in [6, 6.07) is 4.97. The molecule has 1 saturated heterocycles. The van der Waals surface area contributed by atoms with Crippen molar-refractivity contribution in [1.29, 1.82) is 0 Å². The van der Waals surface area contributed by atoms with Crippen molar-refractivity contribution in [2.75, 3.05) is 6.54 Å². The van der Waals surface area contributed by atoms with Crippen LogP contribution in [0, 0.1) is 6.92 Å². The number of aryl methyl sites for hydroxylation is 1. The van der Waals surface area contributed by atoms with E-state index in [1.165, 1.54) is 29.1 Å². The molecule has 0 radical (unpaired) electrons. The Morgan fingerprint density at radius 2 is 2.46 bits per heavy atom. The summed E-state index contributed by atoms with van der Waals surface area (Å²) in [5.74, 6) is 0. The summed E-state index contributed by atoms with van der Waals surface area (Å²) in [6.07, 6.45) is 7.14. The van der Waals surface area contributed by atoms with Crippen LogP contribution in [0.2, 0.25) is 0 Å². The monoisotopic (exact) mass is 193 g/mol. The predicted octanol–water partition coefficient (Wildman–Crippen LogP) is 2.82. The van der Waals surface area contributed by atoms with Crippen molar-refractivity contribution in [2.45, 2.75) is 25.8 Å². The molecule has 1 unspecified atom stereocenters. The zero-order valence-corrected chi connectivity index (χ0v) is 8.73. The van der Waals surface area contributed by atoms with Gasteiger partial charge in [0.25, 0.3) is 0 Å². The van der Waals surface area contributed by atoms with Crippen LogP contribution in [-0.2, 0) is 0 Å². The number of nitrogens with one attached hydrogen (secondary N) is 1. The van der Waals surface area contributed by atoms with Gasteiger partial charge in [-0.2, -0.15) is 0 Å². The van der Waals surface area contributed by atoms with Crippen molar-refractivity contribution in [3.63, 3.8) is 0 Å². The smallest absolute Gasteiger partial charge is 0.0270 e. The van der Waals surface area contributed by atoms with Crippen molar-refractivity contribution in [3.05, 3.63) is 28.0 Å². The average molecular weight is 193 g/mol. The van der Waals surface area contributed by atoms with Gasteiger partial charge in [-0.05, 0) is 44.5 Å². The van der Waals surface area contributed by atoms with Crippen LogP contribution in [0.25, 0.3) is 6.08 Å². The van der Waals surface area contributed by atoms with Crippen molar-refractivity contribution in [1.82, 2.24) is 5.32 Å². The van der Waals surface area contributed by atoms with E-state index in [4.69, 9.17) is 0 Å². The molecule has 1 aromatic heterocycles. The molecule has 0 bridgehead atoms. The Morgan fingerprint density at radius 1 is 1.54 bits per heavy atom. The Bertz CT molecular complexity index is 295. The highest BCUT2D eigenvalue weighted by Gasteiger charge is 2.09. The molecule has 2 heterocycles. The molecule has 70 valence electrons. The van der Waals surface area contributed by atoms with Gasteiger partial charge in [0.1, 0.15) is 0 Å². The third kappa shape index (κ3) is 2.42. The first-order valence-corrected chi connectivity index (χ1v) is 5.64. The second-order valence-corrected chi connectivity index (χ2v) is 4.83. The van der Waals surface area contributed by atoms with Gasteiger partial charge in [0.2, 0.25) is 0 Å². The Morgan fingerprint density at radius 3 is 3.08 bits per heavy atom. The van der Waals surface area contributed by atoms with E-state index < -0.39 is 0 Å². The maximum Gasteiger partial charge on any atom is 0.0270 e. The molecule has 1 aliphatic heterocycles. The van der Waals surface area contributed by atoms with E-state index in [1.54, 1.807) is 0 Å². The molecular formula is C11H15NS. The molecule has 0 spiro atoms. The summed E-state index contributed by atoms with van der Waals surface area (Å²) >= 11 is 1.86. The van der Waals surface area contributed by atoms with Crippen molar-refractivity contribution < 1.29 is 0 Å². The maximum atomic E-state index is 3.45. The van der Waals surface area contributed by atoms with Crippen LogP contribution in [0.1, 0.15) is 22.6 Å². The number of hydrogen-bond donors (Lipinski definition) is 1. The highest BCUT2D eigenvalue weighted by molar-refractivity contribution is 7.12. The van der Waals surface area contributed by atoms with Crippen LogP contribution in [0.4, 0.5) is 0 Å². The zero-order valence-electron chi connectivity index (χ0n) is 7.92. The predicted molar refractivity (Wildman–Crippen MR) is 59.1 cm³/mol. The molecule has 0 aliphatic carbocycles. The van der Waals surface area contributed by atoms with Gasteiger partial charge in [-0.15, -0.1) is 11.3 Å². The Kier molecular flexibility index (Phi) is 2.81. The molecule has 0 saturated carbocycles. The van der Waals surface area contributed by atoms with Crippen LogP contribution in [0.3, 0.4) is 0 Å². The average Bonchev–Trinajstić information content (AvgIpc) is 2.71. The maximum absolute atomic E-state index is 3.45. The molecule has 1 atom stereocenters. The van der Waals surface area contributed by atoms with Crippen LogP contribution in [0.15, 0.2) is 18.2 Å². The van der Waals surface area contributed by atoms with Crippen LogP contribution >= 0.6 is 11.3 Å². The lowest BCUT2D eigenvalue weighted by Crippen LogP contribution is -2.17. The fourth-order valence-electron chi connectivity index (χ4n) is 1.63. The molecule has 0 amide bonds. The number of thiophene rings is 1. The van der Waals surface area contributed by atoms with E-state index in [-0.39, 0.29) is 0 Å². The molecular weight excluding hydrogens is 178 g/mol. The van der Waals surface area contributed by atoms with Gasteiger partial charge in [-0.1, -0.05) is 6.08 Å². The second-order valence-electron chi connectivity index (χ2n) is 3.51. The third-order valence-corrected chi connectivity index (χ3v) is 3.32. The van der Waals surface area contributed by atoms with Gasteiger partial charge < -0.3 is 5.32 Å². The quantitative estimate of drug-likeness (QED) is 0.761. The summed E-state index contributed by atoms with van der Waals surface area (Å²) in [6.45, 7) is 3.33. The van der Waals surface area contributed by atoms with E-state index in [2.05, 4.69) is 36.5 Å². The van der Waals surface area contributed by atoms with E-state index in [0.717, 1.165) is 0 Å². The zero-order chi connectivity index (χ0) is 9.10. The summed E-state index contributed by atoms with van der Waals surface area (Å²) < 4.78 is 0. The van der Waals surface area contributed by atoms with Crippen molar-refractivity contribution in [2.24, 2.45) is 0 Å². The Balaban J connectivity index is 1.96. The van der Waals surface area contributed by atoms with Gasteiger partial charge in [-0.3, -0.25) is 0 Å². The second kappa shape index (κ2) is 4.07. The lowest BCUT2D eigenvalue weighted by atomic mass is 10.2. The standard InChI is InChI=1S/C11H15NS/c1-9-4-6-11(13-9)7-5-10-3-2-8-12-10/h4-7,10,12H,2-3,8H2,1H3/b7-5+. The minimum absolute atomic E-state index is 0.613. The fraction of sp³-hybridized carbons (Fsp3) is 0.455. The fourth-order valence-corrected chi connectivity index (χ4v) is 2.42. The minimum atomic E-state index is 0.613. The topological polar surface area (TPSA) is 12.0 Å². The van der Waals surface area contributed by atoms with Gasteiger partial charge in [0, 0.05) is 15.8 Å². The molecule has 2 heteroatoms. The van der Waals surface area contributed by atoms with Gasteiger partial charge in [0.05, 0.1) is 0 Å². The van der Waals surface area contributed by atoms with E-state index in [1.807, 2.05) is 11.3 Å². The summed E-state index contributed by atoms with van der Waals surface area (Å²) in [4.78, 5) is 2.75. The molecule has 1 aliphatic rings. The first-order valence-electron chi connectivity index (χ1n) is 4.82. The van der Waals surface area contributed by atoms with Crippen LogP contribution < -0.4 is 5.32 Å². The first kappa shape index (κ1) is 8.97. The molecule has 0 aromatic carbocycles. The summed E-state index contributed by atoms with van der Waals surface area (Å²) in [5, 5.41) is 3.45. The number of rotatable bonds is 2. The SMILES string of the molecule is Cc1ccc(/C=C/C2CCCN2)s1. The van der Waals surface area contributed by atoms with E-state index in [9.17, 15) is 0 Å². The summed E-state index contributed by atoms with van der Waals surface area (Å²) in [5.41, 5.74) is 0. The summed E-state index contributed by atoms with van der Waals surface area (Å²) in [7, 11) is 0. The third-order valence-electron chi connectivity index (χ3n) is 2.35. The molecule has 13 heavy (non-hydrogen) atoms. The van der Waals surface area contributed by atoms with Crippen LogP contribution in [0.5, 0.6) is 0 Å². The van der Waals surface area contributed by atoms with Gasteiger partial charge in [-0.25, -0.2) is 0 Å². The minimum Gasteiger partial charge on any atom is -0.311 e. The van der Waals surface area contributed by atoms with Gasteiger partial charge >= 0.3 is 0 Å². The normalized spacial score (nSPS) is 23.0. The van der Waals surface area contributed by atoms with E-state index in [0.29, 0.717) is 6.04 Å². The van der Waals surface area contributed by atoms with Crippen LogP contribution in [-0.4, -0.2) is 12.6 Å². The lowest BCUT2D eigenvalue weighted by molar-refractivity contribution is 0.730. The molecule has 2 rings (SSSR count). The van der Waals surface area contributed by atoms with E-state index >= 15 is 0 Å². The highest BCUT2D eigenvalue weighted by Crippen LogP contribution is 2.17. The van der Waals surface area contributed by atoms with Gasteiger partial charge in [0.15, 0.2) is 0 Å². The molecule has 1 nitrogen and oxygen atoms in total. The van der Waals surface area contributed by atoms with Crippen molar-refractivity contribution in [3.8, 4) is 0 Å². The molecule has 1 N–H and O–H groups in total. The lowest BCUT2D eigenvalue weighted by Gasteiger charge is -2.00. The largest absolute Gasteiger partial charge is 0.311 e.